The molecule has 0 saturated heterocycles. The highest BCUT2D eigenvalue weighted by Crippen LogP contribution is 2.16. The number of imidazole rings is 1. The first-order valence-corrected chi connectivity index (χ1v) is 6.45. The van der Waals surface area contributed by atoms with Gasteiger partial charge in [0.25, 0.3) is 0 Å². The van der Waals surface area contributed by atoms with Crippen molar-refractivity contribution in [3.63, 3.8) is 0 Å². The van der Waals surface area contributed by atoms with Crippen molar-refractivity contribution in [1.29, 1.82) is 0 Å². The highest BCUT2D eigenvalue weighted by atomic mass is 16.6. The van der Waals surface area contributed by atoms with Crippen LogP contribution in [0, 0.1) is 6.92 Å². The summed E-state index contributed by atoms with van der Waals surface area (Å²) in [5.41, 5.74) is 2.62. The van der Waals surface area contributed by atoms with Crippen LogP contribution in [0.15, 0.2) is 61.3 Å². The molecule has 0 N–H and O–H groups in total. The number of ether oxygens (including phenoxy) is 1. The Kier molecular flexibility index (Phi) is 3.47. The predicted octanol–water partition coefficient (Wildman–Crippen LogP) is 3.30. The lowest BCUT2D eigenvalue weighted by atomic mass is 10.2. The monoisotopic (exact) mass is 279 g/mol. The molecule has 5 heteroatoms. The molecule has 0 atom stereocenters. The van der Waals surface area contributed by atoms with Gasteiger partial charge in [0.15, 0.2) is 0 Å². The minimum absolute atomic E-state index is 0.499. The van der Waals surface area contributed by atoms with Crippen LogP contribution in [0.5, 0.6) is 5.75 Å². The molecular weight excluding hydrogens is 266 g/mol. The summed E-state index contributed by atoms with van der Waals surface area (Å²) < 4.78 is 6.58. The zero-order valence-corrected chi connectivity index (χ0v) is 11.4. The number of nitrogens with zero attached hydrogens (tertiary/aromatic N) is 3. The van der Waals surface area contributed by atoms with Gasteiger partial charge >= 0.3 is 6.09 Å². The van der Waals surface area contributed by atoms with Gasteiger partial charge < -0.3 is 4.74 Å². The van der Waals surface area contributed by atoms with Crippen molar-refractivity contribution in [2.24, 2.45) is 0 Å². The number of carbonyl (C=O) groups is 1. The normalized spacial score (nSPS) is 10.3. The van der Waals surface area contributed by atoms with Crippen molar-refractivity contribution in [2.45, 2.75) is 6.92 Å². The highest BCUT2D eigenvalue weighted by Gasteiger charge is 2.10. The molecule has 0 aliphatic carbocycles. The first-order valence-electron chi connectivity index (χ1n) is 6.45. The quantitative estimate of drug-likeness (QED) is 0.722. The van der Waals surface area contributed by atoms with Crippen LogP contribution in [0.1, 0.15) is 5.56 Å². The molecule has 0 amide bonds. The van der Waals surface area contributed by atoms with Crippen molar-refractivity contribution in [3.05, 3.63) is 66.9 Å². The predicted molar refractivity (Wildman–Crippen MR) is 78.1 cm³/mol. The average molecular weight is 279 g/mol. The van der Waals surface area contributed by atoms with Gasteiger partial charge in [0, 0.05) is 24.2 Å². The van der Waals surface area contributed by atoms with Gasteiger partial charge in [0.1, 0.15) is 12.1 Å². The Morgan fingerprint density at radius 1 is 1.19 bits per heavy atom. The zero-order valence-electron chi connectivity index (χ0n) is 11.4. The van der Waals surface area contributed by atoms with E-state index in [4.69, 9.17) is 4.74 Å². The Labute approximate surface area is 121 Å². The van der Waals surface area contributed by atoms with Gasteiger partial charge in [0.2, 0.25) is 0 Å². The van der Waals surface area contributed by atoms with Crippen LogP contribution in [-0.2, 0) is 0 Å². The van der Waals surface area contributed by atoms with Crippen LogP contribution in [0.2, 0.25) is 0 Å². The van der Waals surface area contributed by atoms with Gasteiger partial charge in [-0.1, -0.05) is 17.7 Å². The minimum Gasteiger partial charge on any atom is -0.410 e. The number of hydrogen-bond donors (Lipinski definition) is 0. The van der Waals surface area contributed by atoms with Crippen LogP contribution < -0.4 is 4.74 Å². The molecule has 1 aromatic carbocycles. The van der Waals surface area contributed by atoms with E-state index in [-0.39, 0.29) is 0 Å². The largest absolute Gasteiger partial charge is 0.424 e. The number of carbonyl (C=O) groups excluding carboxylic acids is 1. The molecule has 104 valence electrons. The molecule has 3 aromatic rings. The van der Waals surface area contributed by atoms with Gasteiger partial charge in [-0.05, 0) is 31.2 Å². The van der Waals surface area contributed by atoms with E-state index in [1.807, 2.05) is 31.2 Å². The number of rotatable bonds is 2. The summed E-state index contributed by atoms with van der Waals surface area (Å²) in [5.74, 6) is 0.502. The molecule has 0 bridgehead atoms. The second kappa shape index (κ2) is 5.58. The van der Waals surface area contributed by atoms with Crippen LogP contribution in [0.4, 0.5) is 4.79 Å². The number of aromatic nitrogens is 3. The second-order valence-electron chi connectivity index (χ2n) is 4.59. The Bertz CT molecular complexity index is 749. The summed E-state index contributed by atoms with van der Waals surface area (Å²) in [4.78, 5) is 20.2. The standard InChI is InChI=1S/C16H13N3O2/c1-12-4-6-14(7-5-12)21-16(20)19-10-15(18-11-19)13-3-2-8-17-9-13/h2-11H,1H3. The van der Waals surface area contributed by atoms with E-state index in [1.165, 1.54) is 10.9 Å². The van der Waals surface area contributed by atoms with E-state index in [1.54, 1.807) is 30.7 Å². The molecule has 0 saturated carbocycles. The van der Waals surface area contributed by atoms with Gasteiger partial charge in [-0.2, -0.15) is 0 Å². The fourth-order valence-electron chi connectivity index (χ4n) is 1.85. The number of hydrogen-bond acceptors (Lipinski definition) is 4. The van der Waals surface area contributed by atoms with Crippen LogP contribution >= 0.6 is 0 Å². The van der Waals surface area contributed by atoms with Crippen molar-refractivity contribution < 1.29 is 9.53 Å². The van der Waals surface area contributed by atoms with Crippen LogP contribution in [0.3, 0.4) is 0 Å². The van der Waals surface area contributed by atoms with Gasteiger partial charge in [-0.25, -0.2) is 14.3 Å². The summed E-state index contributed by atoms with van der Waals surface area (Å²) in [6.45, 7) is 1.97. The first-order chi connectivity index (χ1) is 10.2. The maximum Gasteiger partial charge on any atom is 0.424 e. The Balaban J connectivity index is 1.77. The number of pyridine rings is 1. The van der Waals surface area contributed by atoms with E-state index >= 15 is 0 Å². The summed E-state index contributed by atoms with van der Waals surface area (Å²) in [6.07, 6.45) is 5.93. The number of benzene rings is 1. The van der Waals surface area contributed by atoms with E-state index in [0.717, 1.165) is 11.1 Å². The molecule has 3 rings (SSSR count). The van der Waals surface area contributed by atoms with E-state index in [2.05, 4.69) is 9.97 Å². The van der Waals surface area contributed by atoms with E-state index in [0.29, 0.717) is 11.4 Å². The minimum atomic E-state index is -0.499. The Morgan fingerprint density at radius 3 is 2.71 bits per heavy atom. The highest BCUT2D eigenvalue weighted by molar-refractivity contribution is 5.74. The summed E-state index contributed by atoms with van der Waals surface area (Å²) in [7, 11) is 0. The third-order valence-corrected chi connectivity index (χ3v) is 2.98. The van der Waals surface area contributed by atoms with Crippen LogP contribution in [-0.4, -0.2) is 20.6 Å². The maximum atomic E-state index is 12.0. The molecule has 0 radical (unpaired) electrons. The van der Waals surface area contributed by atoms with Gasteiger partial charge in [-0.15, -0.1) is 0 Å². The van der Waals surface area contributed by atoms with Crippen molar-refractivity contribution in [3.8, 4) is 17.0 Å². The third-order valence-electron chi connectivity index (χ3n) is 2.98. The molecule has 5 nitrogen and oxygen atoms in total. The third kappa shape index (κ3) is 2.97. The second-order valence-corrected chi connectivity index (χ2v) is 4.59. The molecular formula is C16H13N3O2. The van der Waals surface area contributed by atoms with Crippen molar-refractivity contribution in [1.82, 2.24) is 14.5 Å². The lowest BCUT2D eigenvalue weighted by molar-refractivity contribution is 0.202. The lowest BCUT2D eigenvalue weighted by Crippen LogP contribution is -2.14. The molecule has 2 heterocycles. The average Bonchev–Trinajstić information content (AvgIpc) is 3.00. The van der Waals surface area contributed by atoms with E-state index < -0.39 is 6.09 Å². The molecule has 0 unspecified atom stereocenters. The van der Waals surface area contributed by atoms with E-state index in [9.17, 15) is 4.79 Å². The smallest absolute Gasteiger partial charge is 0.410 e. The van der Waals surface area contributed by atoms with Crippen molar-refractivity contribution >= 4 is 6.09 Å². The molecule has 2 aromatic heterocycles. The Morgan fingerprint density at radius 2 is 2.00 bits per heavy atom. The fraction of sp³-hybridized carbons (Fsp3) is 0.0625. The maximum absolute atomic E-state index is 12.0. The first kappa shape index (κ1) is 13.1. The lowest BCUT2D eigenvalue weighted by Gasteiger charge is -2.04. The van der Waals surface area contributed by atoms with Gasteiger partial charge in [0.05, 0.1) is 5.69 Å². The zero-order chi connectivity index (χ0) is 14.7. The van der Waals surface area contributed by atoms with Crippen molar-refractivity contribution in [2.75, 3.05) is 0 Å². The molecule has 0 aliphatic heterocycles. The topological polar surface area (TPSA) is 57.0 Å². The molecule has 0 fully saturated rings. The van der Waals surface area contributed by atoms with Crippen LogP contribution in [0.25, 0.3) is 11.3 Å². The SMILES string of the molecule is Cc1ccc(OC(=O)n2cnc(-c3cccnc3)c2)cc1. The number of aryl methyl sites for hydroxylation is 1. The summed E-state index contributed by atoms with van der Waals surface area (Å²) in [6, 6.07) is 11.0. The summed E-state index contributed by atoms with van der Waals surface area (Å²) >= 11 is 0. The summed E-state index contributed by atoms with van der Waals surface area (Å²) in [5, 5.41) is 0. The van der Waals surface area contributed by atoms with Gasteiger partial charge in [-0.3, -0.25) is 4.98 Å². The molecule has 21 heavy (non-hydrogen) atoms. The molecule has 0 spiro atoms. The fourth-order valence-corrected chi connectivity index (χ4v) is 1.85. The molecule has 0 aliphatic rings. The Hall–Kier alpha value is -2.95.